The van der Waals surface area contributed by atoms with Crippen molar-refractivity contribution in [3.8, 4) is 0 Å². The minimum Gasteiger partial charge on any atom is -0.356 e. The van der Waals surface area contributed by atoms with Gasteiger partial charge < -0.3 is 15.5 Å². The molecule has 0 saturated carbocycles. The number of aromatic nitrogens is 1. The smallest absolute Gasteiger partial charge is 0.241 e. The second-order valence-electron chi connectivity index (χ2n) is 5.79. The Bertz CT molecular complexity index is 535. The van der Waals surface area contributed by atoms with Gasteiger partial charge in [-0.1, -0.05) is 0 Å². The Hall–Kier alpha value is -0.900. The van der Waals surface area contributed by atoms with Gasteiger partial charge in [-0.15, -0.1) is 35.3 Å². The van der Waals surface area contributed by atoms with Gasteiger partial charge in [0.05, 0.1) is 17.2 Å². The van der Waals surface area contributed by atoms with Crippen LogP contribution in [-0.4, -0.2) is 55.0 Å². The standard InChI is InChI=1S/C16H27N5OS.HI/c1-12-13(2)23-14(20-12)7-8-18-16(17-3)19-11-15(22)21-9-5-4-6-10-21;/h4-11H2,1-3H3,(H2,17,18,19);1H. The summed E-state index contributed by atoms with van der Waals surface area (Å²) in [7, 11) is 1.72. The molecule has 1 aliphatic rings. The largest absolute Gasteiger partial charge is 0.356 e. The second kappa shape index (κ2) is 10.9. The molecule has 6 nitrogen and oxygen atoms in total. The van der Waals surface area contributed by atoms with Gasteiger partial charge in [0.25, 0.3) is 0 Å². The quantitative estimate of drug-likeness (QED) is 0.397. The molecule has 0 spiro atoms. The van der Waals surface area contributed by atoms with Crippen LogP contribution in [-0.2, 0) is 11.2 Å². The van der Waals surface area contributed by atoms with Gasteiger partial charge in [0.2, 0.25) is 5.91 Å². The molecular weight excluding hydrogens is 437 g/mol. The van der Waals surface area contributed by atoms with Crippen LogP contribution >= 0.6 is 35.3 Å². The summed E-state index contributed by atoms with van der Waals surface area (Å²) in [4.78, 5) is 24.0. The lowest BCUT2D eigenvalue weighted by atomic mass is 10.1. The summed E-state index contributed by atoms with van der Waals surface area (Å²) in [5, 5.41) is 7.47. The van der Waals surface area contributed by atoms with E-state index in [1.165, 1.54) is 11.3 Å². The summed E-state index contributed by atoms with van der Waals surface area (Å²) in [5.41, 5.74) is 1.11. The molecule has 136 valence electrons. The molecule has 1 fully saturated rings. The molecule has 0 aromatic carbocycles. The molecule has 2 heterocycles. The molecule has 2 rings (SSSR count). The van der Waals surface area contributed by atoms with E-state index in [4.69, 9.17) is 0 Å². The summed E-state index contributed by atoms with van der Waals surface area (Å²) in [6.07, 6.45) is 4.33. The molecular formula is C16H28IN5OS. The minimum absolute atomic E-state index is 0. The van der Waals surface area contributed by atoms with Gasteiger partial charge in [0, 0.05) is 38.0 Å². The van der Waals surface area contributed by atoms with Crippen molar-refractivity contribution in [3.05, 3.63) is 15.6 Å². The molecule has 1 saturated heterocycles. The van der Waals surface area contributed by atoms with Gasteiger partial charge in [-0.2, -0.15) is 0 Å². The van der Waals surface area contributed by atoms with Crippen molar-refractivity contribution in [2.45, 2.75) is 39.5 Å². The van der Waals surface area contributed by atoms with E-state index in [0.717, 1.165) is 49.6 Å². The zero-order chi connectivity index (χ0) is 16.7. The van der Waals surface area contributed by atoms with Crippen LogP contribution in [0.2, 0.25) is 0 Å². The molecule has 1 amide bonds. The maximum Gasteiger partial charge on any atom is 0.241 e. The lowest BCUT2D eigenvalue weighted by Crippen LogP contribution is -2.46. The first-order valence-electron chi connectivity index (χ1n) is 8.25. The number of carbonyl (C=O) groups excluding carboxylic acids is 1. The molecule has 1 aromatic rings. The summed E-state index contributed by atoms with van der Waals surface area (Å²) in [6.45, 7) is 6.95. The third kappa shape index (κ3) is 6.54. The average Bonchev–Trinajstić information content (AvgIpc) is 2.89. The van der Waals surface area contributed by atoms with Crippen LogP contribution in [0, 0.1) is 13.8 Å². The van der Waals surface area contributed by atoms with E-state index in [-0.39, 0.29) is 29.9 Å². The summed E-state index contributed by atoms with van der Waals surface area (Å²) >= 11 is 1.74. The van der Waals surface area contributed by atoms with E-state index in [0.29, 0.717) is 12.5 Å². The van der Waals surface area contributed by atoms with Crippen LogP contribution in [0.4, 0.5) is 0 Å². The highest BCUT2D eigenvalue weighted by molar-refractivity contribution is 14.0. The van der Waals surface area contributed by atoms with Gasteiger partial charge >= 0.3 is 0 Å². The molecule has 1 aliphatic heterocycles. The Balaban J connectivity index is 0.00000288. The van der Waals surface area contributed by atoms with Crippen molar-refractivity contribution in [3.63, 3.8) is 0 Å². The number of halogens is 1. The van der Waals surface area contributed by atoms with Crippen molar-refractivity contribution in [1.29, 1.82) is 0 Å². The molecule has 0 atom stereocenters. The lowest BCUT2D eigenvalue weighted by Gasteiger charge is -2.27. The molecule has 0 bridgehead atoms. The van der Waals surface area contributed by atoms with Gasteiger partial charge in [0.1, 0.15) is 0 Å². The van der Waals surface area contributed by atoms with Crippen LogP contribution in [0.3, 0.4) is 0 Å². The molecule has 1 aromatic heterocycles. The molecule has 2 N–H and O–H groups in total. The summed E-state index contributed by atoms with van der Waals surface area (Å²) in [5.74, 6) is 0.819. The normalized spacial score (nSPS) is 15.0. The lowest BCUT2D eigenvalue weighted by molar-refractivity contribution is -0.130. The zero-order valence-corrected chi connectivity index (χ0v) is 17.9. The number of rotatable bonds is 5. The van der Waals surface area contributed by atoms with Crippen molar-refractivity contribution in [2.24, 2.45) is 4.99 Å². The molecule has 8 heteroatoms. The highest BCUT2D eigenvalue weighted by Crippen LogP contribution is 2.16. The molecule has 0 aliphatic carbocycles. The van der Waals surface area contributed by atoms with Crippen LogP contribution in [0.15, 0.2) is 4.99 Å². The highest BCUT2D eigenvalue weighted by atomic mass is 127. The predicted octanol–water partition coefficient (Wildman–Crippen LogP) is 2.10. The van der Waals surface area contributed by atoms with Crippen LogP contribution in [0.5, 0.6) is 0 Å². The topological polar surface area (TPSA) is 69.6 Å². The first-order chi connectivity index (χ1) is 11.1. The number of piperidine rings is 1. The van der Waals surface area contributed by atoms with E-state index in [2.05, 4.69) is 27.5 Å². The zero-order valence-electron chi connectivity index (χ0n) is 14.7. The molecule has 0 unspecified atom stereocenters. The van der Waals surface area contributed by atoms with Crippen molar-refractivity contribution in [2.75, 3.05) is 33.2 Å². The first kappa shape index (κ1) is 21.1. The first-order valence-corrected chi connectivity index (χ1v) is 9.07. The van der Waals surface area contributed by atoms with Gasteiger partial charge in [-0.05, 0) is 33.1 Å². The number of amides is 1. The maximum absolute atomic E-state index is 12.1. The van der Waals surface area contributed by atoms with Crippen LogP contribution in [0.1, 0.15) is 34.8 Å². The number of aryl methyl sites for hydroxylation is 2. The van der Waals surface area contributed by atoms with Crippen molar-refractivity contribution in [1.82, 2.24) is 20.5 Å². The summed E-state index contributed by atoms with van der Waals surface area (Å²) < 4.78 is 0. The molecule has 0 radical (unpaired) electrons. The average molecular weight is 465 g/mol. The SMILES string of the molecule is CN=C(NCCc1nc(C)c(C)s1)NCC(=O)N1CCCCC1.I. The van der Waals surface area contributed by atoms with Crippen LogP contribution in [0.25, 0.3) is 0 Å². The number of nitrogens with zero attached hydrogens (tertiary/aromatic N) is 3. The number of hydrogen-bond acceptors (Lipinski definition) is 4. The van der Waals surface area contributed by atoms with Crippen molar-refractivity contribution < 1.29 is 4.79 Å². The van der Waals surface area contributed by atoms with Gasteiger partial charge in [0.15, 0.2) is 5.96 Å². The second-order valence-corrected chi connectivity index (χ2v) is 7.08. The Labute approximate surface area is 165 Å². The Morgan fingerprint density at radius 1 is 1.25 bits per heavy atom. The fourth-order valence-corrected chi connectivity index (χ4v) is 3.50. The van der Waals surface area contributed by atoms with Crippen LogP contribution < -0.4 is 10.6 Å². The fourth-order valence-electron chi connectivity index (χ4n) is 2.57. The third-order valence-corrected chi connectivity index (χ3v) is 5.18. The monoisotopic (exact) mass is 465 g/mol. The van der Waals surface area contributed by atoms with Crippen molar-refractivity contribution >= 4 is 47.2 Å². The Kier molecular flexibility index (Phi) is 9.57. The van der Waals surface area contributed by atoms with E-state index in [1.54, 1.807) is 18.4 Å². The summed E-state index contributed by atoms with van der Waals surface area (Å²) in [6, 6.07) is 0. The minimum atomic E-state index is 0. The number of hydrogen-bond donors (Lipinski definition) is 2. The Morgan fingerprint density at radius 2 is 1.96 bits per heavy atom. The molecule has 24 heavy (non-hydrogen) atoms. The van der Waals surface area contributed by atoms with Gasteiger partial charge in [-0.25, -0.2) is 4.98 Å². The predicted molar refractivity (Wildman–Crippen MR) is 111 cm³/mol. The van der Waals surface area contributed by atoms with E-state index < -0.39 is 0 Å². The third-order valence-electron chi connectivity index (χ3n) is 4.04. The van der Waals surface area contributed by atoms with E-state index in [1.807, 2.05) is 11.8 Å². The number of nitrogens with one attached hydrogen (secondary N) is 2. The number of carbonyl (C=O) groups is 1. The Morgan fingerprint density at radius 3 is 2.54 bits per heavy atom. The number of likely N-dealkylation sites (tertiary alicyclic amines) is 1. The van der Waals surface area contributed by atoms with E-state index in [9.17, 15) is 4.79 Å². The highest BCUT2D eigenvalue weighted by Gasteiger charge is 2.16. The number of thiazole rings is 1. The number of aliphatic imine (C=N–C) groups is 1. The maximum atomic E-state index is 12.1. The van der Waals surface area contributed by atoms with E-state index >= 15 is 0 Å². The number of guanidine groups is 1. The van der Waals surface area contributed by atoms with Gasteiger partial charge in [-0.3, -0.25) is 9.79 Å². The fraction of sp³-hybridized carbons (Fsp3) is 0.688.